The Hall–Kier alpha value is -0.650. The Balaban J connectivity index is 2.01. The van der Waals surface area contributed by atoms with E-state index in [2.05, 4.69) is 19.6 Å². The first-order valence-corrected chi connectivity index (χ1v) is 2.53. The van der Waals surface area contributed by atoms with Gasteiger partial charge >= 0.3 is 5.97 Å². The molecule has 0 amide bonds. The minimum Gasteiger partial charge on any atom is -0.454 e. The van der Waals surface area contributed by atoms with Crippen molar-refractivity contribution >= 4 is 5.97 Å². The minimum atomic E-state index is -0.557. The summed E-state index contributed by atoms with van der Waals surface area (Å²) in [5, 5.41) is 4.07. The van der Waals surface area contributed by atoms with Crippen LogP contribution in [0.3, 0.4) is 0 Å². The average Bonchev–Trinajstić information content (AvgIpc) is 1.86. The molecule has 2 saturated heterocycles. The fourth-order valence-corrected chi connectivity index (χ4v) is 0.745. The molecule has 2 aliphatic heterocycles. The van der Waals surface area contributed by atoms with Crippen LogP contribution in [0.15, 0.2) is 0 Å². The third-order valence-corrected chi connectivity index (χ3v) is 1.26. The molecule has 9 heavy (non-hydrogen) atoms. The molecule has 5 heteroatoms. The van der Waals surface area contributed by atoms with Gasteiger partial charge in [0.1, 0.15) is 6.61 Å². The predicted octanol–water partition coefficient (Wildman–Crippen LogP) is -0.826. The van der Waals surface area contributed by atoms with E-state index in [-0.39, 0.29) is 18.7 Å². The summed E-state index contributed by atoms with van der Waals surface area (Å²) in [6, 6.07) is 0. The first-order valence-electron chi connectivity index (χ1n) is 2.53. The van der Waals surface area contributed by atoms with E-state index < -0.39 is 6.10 Å². The van der Waals surface area contributed by atoms with Crippen molar-refractivity contribution in [2.24, 2.45) is 0 Å². The number of carbonyl (C=O) groups is 1. The molecular formula is C4H4O5. The van der Waals surface area contributed by atoms with Crippen LogP contribution < -0.4 is 0 Å². The molecule has 0 aromatic heterocycles. The van der Waals surface area contributed by atoms with E-state index in [4.69, 9.17) is 0 Å². The SMILES string of the molecule is O=C1OC2COOOC12. The highest BCUT2D eigenvalue weighted by Crippen LogP contribution is 2.22. The van der Waals surface area contributed by atoms with E-state index in [0.29, 0.717) is 0 Å². The van der Waals surface area contributed by atoms with Crippen LogP contribution >= 0.6 is 0 Å². The molecule has 0 saturated carbocycles. The third-order valence-electron chi connectivity index (χ3n) is 1.26. The lowest BCUT2D eigenvalue weighted by atomic mass is 10.1. The van der Waals surface area contributed by atoms with Crippen LogP contribution in [-0.2, 0) is 24.3 Å². The van der Waals surface area contributed by atoms with Crippen LogP contribution in [0, 0.1) is 0 Å². The van der Waals surface area contributed by atoms with Gasteiger partial charge in [0.25, 0.3) is 0 Å². The summed E-state index contributed by atoms with van der Waals surface area (Å²) >= 11 is 0. The van der Waals surface area contributed by atoms with Gasteiger partial charge in [-0.1, -0.05) is 5.04 Å². The molecule has 0 aromatic carbocycles. The van der Waals surface area contributed by atoms with Gasteiger partial charge in [0, 0.05) is 0 Å². The zero-order valence-corrected chi connectivity index (χ0v) is 4.40. The fourth-order valence-electron chi connectivity index (χ4n) is 0.745. The molecule has 0 radical (unpaired) electrons. The largest absolute Gasteiger partial charge is 0.454 e. The maximum atomic E-state index is 10.4. The second-order valence-electron chi connectivity index (χ2n) is 1.84. The van der Waals surface area contributed by atoms with Crippen molar-refractivity contribution in [3.05, 3.63) is 0 Å². The van der Waals surface area contributed by atoms with Crippen LogP contribution in [0.25, 0.3) is 0 Å². The molecule has 0 aromatic rings. The summed E-state index contributed by atoms with van der Waals surface area (Å²) in [5.74, 6) is -0.386. The minimum absolute atomic E-state index is 0.258. The first-order chi connectivity index (χ1) is 4.38. The predicted molar refractivity (Wildman–Crippen MR) is 21.8 cm³/mol. The van der Waals surface area contributed by atoms with Crippen molar-refractivity contribution in [3.8, 4) is 0 Å². The molecule has 0 spiro atoms. The molecule has 50 valence electrons. The molecule has 5 nitrogen and oxygen atoms in total. The van der Waals surface area contributed by atoms with Gasteiger partial charge in [-0.25, -0.2) is 9.68 Å². The van der Waals surface area contributed by atoms with Gasteiger partial charge in [-0.05, 0) is 0 Å². The van der Waals surface area contributed by atoms with E-state index in [1.54, 1.807) is 0 Å². The molecule has 2 unspecified atom stereocenters. The summed E-state index contributed by atoms with van der Waals surface area (Å²) < 4.78 is 4.57. The normalized spacial score (nSPS) is 40.7. The van der Waals surface area contributed by atoms with Crippen molar-refractivity contribution in [1.82, 2.24) is 0 Å². The highest BCUT2D eigenvalue weighted by molar-refractivity contribution is 5.81. The van der Waals surface area contributed by atoms with E-state index in [1.807, 2.05) is 0 Å². The molecule has 2 atom stereocenters. The van der Waals surface area contributed by atoms with Crippen molar-refractivity contribution in [2.45, 2.75) is 12.2 Å². The maximum absolute atomic E-state index is 10.4. The summed E-state index contributed by atoms with van der Waals surface area (Å²) in [6.07, 6.45) is -0.815. The van der Waals surface area contributed by atoms with Crippen LogP contribution in [0.1, 0.15) is 0 Å². The Morgan fingerprint density at radius 3 is 3.00 bits per heavy atom. The summed E-state index contributed by atoms with van der Waals surface area (Å²) in [4.78, 5) is 19.1. The zero-order valence-electron chi connectivity index (χ0n) is 4.40. The molecule has 2 heterocycles. The summed E-state index contributed by atoms with van der Waals surface area (Å²) in [7, 11) is 0. The van der Waals surface area contributed by atoms with E-state index in [9.17, 15) is 4.79 Å². The van der Waals surface area contributed by atoms with Crippen molar-refractivity contribution in [2.75, 3.05) is 6.61 Å². The lowest BCUT2D eigenvalue weighted by Crippen LogP contribution is -2.56. The van der Waals surface area contributed by atoms with E-state index in [0.717, 1.165) is 0 Å². The lowest BCUT2D eigenvalue weighted by Gasteiger charge is -2.35. The van der Waals surface area contributed by atoms with Crippen molar-refractivity contribution in [3.63, 3.8) is 0 Å². The molecule has 2 rings (SSSR count). The van der Waals surface area contributed by atoms with Gasteiger partial charge < -0.3 is 4.74 Å². The van der Waals surface area contributed by atoms with Crippen molar-refractivity contribution in [1.29, 1.82) is 0 Å². The Morgan fingerprint density at radius 1 is 1.56 bits per heavy atom. The molecule has 2 aliphatic rings. The maximum Gasteiger partial charge on any atom is 0.343 e. The van der Waals surface area contributed by atoms with Crippen LogP contribution in [0.4, 0.5) is 0 Å². The zero-order chi connectivity index (χ0) is 6.27. The number of hydrogen-bond acceptors (Lipinski definition) is 5. The number of rotatable bonds is 0. The van der Waals surface area contributed by atoms with E-state index >= 15 is 0 Å². The fraction of sp³-hybridized carbons (Fsp3) is 0.750. The smallest absolute Gasteiger partial charge is 0.343 e. The first kappa shape index (κ1) is 5.16. The van der Waals surface area contributed by atoms with Gasteiger partial charge in [0.15, 0.2) is 6.10 Å². The molecule has 0 aliphatic carbocycles. The van der Waals surface area contributed by atoms with Crippen LogP contribution in [0.5, 0.6) is 0 Å². The molecule has 0 N–H and O–H groups in total. The molecular weight excluding hydrogens is 128 g/mol. The number of esters is 1. The summed E-state index contributed by atoms with van der Waals surface area (Å²) in [6.45, 7) is 0.260. The Morgan fingerprint density at radius 2 is 2.44 bits per heavy atom. The van der Waals surface area contributed by atoms with E-state index in [1.165, 1.54) is 0 Å². The van der Waals surface area contributed by atoms with Crippen molar-refractivity contribution < 1.29 is 24.3 Å². The number of hydrogen-bond donors (Lipinski definition) is 0. The van der Waals surface area contributed by atoms with Gasteiger partial charge in [0.05, 0.1) is 0 Å². The van der Waals surface area contributed by atoms with Gasteiger partial charge in [-0.2, -0.15) is 4.89 Å². The standard InChI is InChI=1S/C4H4O5/c5-4-3-2(7-4)1-6-9-8-3/h2-3H,1H2. The Kier molecular flexibility index (Phi) is 0.953. The molecule has 2 fully saturated rings. The Labute approximate surface area is 50.3 Å². The highest BCUT2D eigenvalue weighted by Gasteiger charge is 2.48. The molecule has 0 bridgehead atoms. The number of carbonyl (C=O) groups excluding carboxylic acids is 1. The monoisotopic (exact) mass is 132 g/mol. The van der Waals surface area contributed by atoms with Gasteiger partial charge in [0.2, 0.25) is 6.10 Å². The lowest BCUT2D eigenvalue weighted by molar-refractivity contribution is -0.564. The highest BCUT2D eigenvalue weighted by atomic mass is 17.5. The summed E-state index contributed by atoms with van der Waals surface area (Å²) in [5.41, 5.74) is 0. The average molecular weight is 132 g/mol. The second kappa shape index (κ2) is 1.66. The topological polar surface area (TPSA) is 54.0 Å². The third kappa shape index (κ3) is 0.625. The van der Waals surface area contributed by atoms with Crippen LogP contribution in [0.2, 0.25) is 0 Å². The number of fused-ring (bicyclic) bond motifs is 1. The Bertz CT molecular complexity index is 144. The number of ether oxygens (including phenoxy) is 1. The van der Waals surface area contributed by atoms with Crippen LogP contribution in [-0.4, -0.2) is 24.8 Å². The van der Waals surface area contributed by atoms with Gasteiger partial charge in [-0.3, -0.25) is 0 Å². The van der Waals surface area contributed by atoms with Gasteiger partial charge in [-0.15, -0.1) is 0 Å². The second-order valence-corrected chi connectivity index (χ2v) is 1.84. The quantitative estimate of drug-likeness (QED) is 0.318.